The average molecular weight is 249 g/mol. The van der Waals surface area contributed by atoms with Crippen molar-refractivity contribution in [3.8, 4) is 11.5 Å². The van der Waals surface area contributed by atoms with E-state index in [1.807, 2.05) is 30.3 Å². The minimum atomic E-state index is -0.509. The Kier molecular flexibility index (Phi) is 3.67. The molecule has 0 aliphatic carbocycles. The largest absolute Gasteiger partial charge is 0.456 e. The lowest BCUT2D eigenvalue weighted by Gasteiger charge is -2.10. The summed E-state index contributed by atoms with van der Waals surface area (Å²) in [5.74, 6) is 1.27. The van der Waals surface area contributed by atoms with Crippen LogP contribution in [0.4, 0.5) is 0 Å². The molecule has 88 valence electrons. The van der Waals surface area contributed by atoms with E-state index in [0.29, 0.717) is 16.5 Å². The lowest BCUT2D eigenvalue weighted by Crippen LogP contribution is -1.92. The van der Waals surface area contributed by atoms with Crippen molar-refractivity contribution < 1.29 is 9.84 Å². The Morgan fingerprint density at radius 1 is 1.12 bits per heavy atom. The SMILES string of the molecule is CC(O)c1cccc(Oc2ccccc2Cl)c1. The van der Waals surface area contributed by atoms with Crippen molar-refractivity contribution in [1.29, 1.82) is 0 Å². The third kappa shape index (κ3) is 2.99. The predicted octanol–water partition coefficient (Wildman–Crippen LogP) is 4.19. The molecule has 1 atom stereocenters. The minimum Gasteiger partial charge on any atom is -0.456 e. The summed E-state index contributed by atoms with van der Waals surface area (Å²) in [6.07, 6.45) is -0.509. The van der Waals surface area contributed by atoms with Gasteiger partial charge in [0.05, 0.1) is 11.1 Å². The van der Waals surface area contributed by atoms with E-state index < -0.39 is 6.10 Å². The summed E-state index contributed by atoms with van der Waals surface area (Å²) in [5, 5.41) is 10.1. The summed E-state index contributed by atoms with van der Waals surface area (Å²) in [6, 6.07) is 14.6. The molecule has 0 fully saturated rings. The number of aliphatic hydroxyl groups excluding tert-OH is 1. The lowest BCUT2D eigenvalue weighted by atomic mass is 10.1. The molecule has 0 aliphatic heterocycles. The maximum atomic E-state index is 9.49. The first-order chi connectivity index (χ1) is 8.16. The Morgan fingerprint density at radius 3 is 2.59 bits per heavy atom. The van der Waals surface area contributed by atoms with Crippen LogP contribution in [0, 0.1) is 0 Å². The number of aliphatic hydroxyl groups is 1. The maximum Gasteiger partial charge on any atom is 0.146 e. The van der Waals surface area contributed by atoms with Gasteiger partial charge in [-0.1, -0.05) is 35.9 Å². The molecular formula is C14H13ClO2. The second kappa shape index (κ2) is 5.21. The summed E-state index contributed by atoms with van der Waals surface area (Å²) in [4.78, 5) is 0. The summed E-state index contributed by atoms with van der Waals surface area (Å²) >= 11 is 6.00. The Bertz CT molecular complexity index is 509. The number of hydrogen-bond acceptors (Lipinski definition) is 2. The number of halogens is 1. The van der Waals surface area contributed by atoms with Gasteiger partial charge < -0.3 is 9.84 Å². The number of para-hydroxylation sites is 1. The van der Waals surface area contributed by atoms with Gasteiger partial charge >= 0.3 is 0 Å². The highest BCUT2D eigenvalue weighted by Gasteiger charge is 2.05. The van der Waals surface area contributed by atoms with E-state index in [4.69, 9.17) is 16.3 Å². The molecule has 0 heterocycles. The fourth-order valence-corrected chi connectivity index (χ4v) is 1.67. The van der Waals surface area contributed by atoms with Crippen molar-refractivity contribution in [3.63, 3.8) is 0 Å². The number of benzene rings is 2. The molecule has 0 aromatic heterocycles. The zero-order valence-corrected chi connectivity index (χ0v) is 10.2. The summed E-state index contributed by atoms with van der Waals surface area (Å²) in [6.45, 7) is 1.72. The molecule has 0 aliphatic rings. The van der Waals surface area contributed by atoms with Crippen LogP contribution in [0.5, 0.6) is 11.5 Å². The van der Waals surface area contributed by atoms with Gasteiger partial charge in [-0.15, -0.1) is 0 Å². The molecule has 2 rings (SSSR count). The van der Waals surface area contributed by atoms with E-state index in [0.717, 1.165) is 5.56 Å². The van der Waals surface area contributed by atoms with Crippen LogP contribution in [-0.4, -0.2) is 5.11 Å². The Morgan fingerprint density at radius 2 is 1.88 bits per heavy atom. The van der Waals surface area contributed by atoms with Crippen molar-refractivity contribution in [2.45, 2.75) is 13.0 Å². The van der Waals surface area contributed by atoms with Gasteiger partial charge in [0.15, 0.2) is 0 Å². The zero-order valence-electron chi connectivity index (χ0n) is 9.43. The molecule has 0 spiro atoms. The lowest BCUT2D eigenvalue weighted by molar-refractivity contribution is 0.199. The van der Waals surface area contributed by atoms with E-state index in [1.54, 1.807) is 25.1 Å². The van der Waals surface area contributed by atoms with Crippen LogP contribution >= 0.6 is 11.6 Å². The van der Waals surface area contributed by atoms with Crippen molar-refractivity contribution in [2.24, 2.45) is 0 Å². The minimum absolute atomic E-state index is 0.509. The molecule has 2 aromatic rings. The predicted molar refractivity (Wildman–Crippen MR) is 68.6 cm³/mol. The van der Waals surface area contributed by atoms with Gasteiger partial charge in [0, 0.05) is 0 Å². The van der Waals surface area contributed by atoms with Crippen LogP contribution in [0.3, 0.4) is 0 Å². The number of hydrogen-bond donors (Lipinski definition) is 1. The van der Waals surface area contributed by atoms with E-state index in [9.17, 15) is 5.11 Å². The van der Waals surface area contributed by atoms with E-state index in [1.165, 1.54) is 0 Å². The topological polar surface area (TPSA) is 29.5 Å². The second-order valence-corrected chi connectivity index (χ2v) is 4.19. The standard InChI is InChI=1S/C14H13ClO2/c1-10(16)11-5-4-6-12(9-11)17-14-8-3-2-7-13(14)15/h2-10,16H,1H3. The highest BCUT2D eigenvalue weighted by Crippen LogP contribution is 2.29. The molecule has 0 amide bonds. The Labute approximate surface area is 105 Å². The van der Waals surface area contributed by atoms with Crippen molar-refractivity contribution in [2.75, 3.05) is 0 Å². The van der Waals surface area contributed by atoms with Gasteiger partial charge in [0.2, 0.25) is 0 Å². The van der Waals surface area contributed by atoms with Crippen LogP contribution in [0.15, 0.2) is 48.5 Å². The zero-order chi connectivity index (χ0) is 12.3. The summed E-state index contributed by atoms with van der Waals surface area (Å²) in [7, 11) is 0. The van der Waals surface area contributed by atoms with Gasteiger partial charge in [-0.2, -0.15) is 0 Å². The van der Waals surface area contributed by atoms with Crippen LogP contribution in [0.2, 0.25) is 5.02 Å². The highest BCUT2D eigenvalue weighted by molar-refractivity contribution is 6.32. The molecule has 0 saturated heterocycles. The smallest absolute Gasteiger partial charge is 0.146 e. The molecule has 1 unspecified atom stereocenters. The van der Waals surface area contributed by atoms with Crippen LogP contribution < -0.4 is 4.74 Å². The molecule has 0 saturated carbocycles. The molecule has 1 N–H and O–H groups in total. The van der Waals surface area contributed by atoms with Gasteiger partial charge in [0.1, 0.15) is 11.5 Å². The molecule has 3 heteroatoms. The average Bonchev–Trinajstić information content (AvgIpc) is 2.32. The highest BCUT2D eigenvalue weighted by atomic mass is 35.5. The Hall–Kier alpha value is -1.51. The third-order valence-electron chi connectivity index (χ3n) is 2.40. The molecule has 0 radical (unpaired) electrons. The van der Waals surface area contributed by atoms with Crippen molar-refractivity contribution in [1.82, 2.24) is 0 Å². The van der Waals surface area contributed by atoms with Crippen molar-refractivity contribution >= 4 is 11.6 Å². The number of rotatable bonds is 3. The first kappa shape index (κ1) is 12.0. The first-order valence-electron chi connectivity index (χ1n) is 5.37. The van der Waals surface area contributed by atoms with Crippen LogP contribution in [0.1, 0.15) is 18.6 Å². The van der Waals surface area contributed by atoms with Crippen LogP contribution in [0.25, 0.3) is 0 Å². The fourth-order valence-electron chi connectivity index (χ4n) is 1.49. The molecule has 2 aromatic carbocycles. The van der Waals surface area contributed by atoms with E-state index >= 15 is 0 Å². The first-order valence-corrected chi connectivity index (χ1v) is 5.75. The van der Waals surface area contributed by atoms with Crippen molar-refractivity contribution in [3.05, 3.63) is 59.1 Å². The Balaban J connectivity index is 2.25. The van der Waals surface area contributed by atoms with Crippen LogP contribution in [-0.2, 0) is 0 Å². The van der Waals surface area contributed by atoms with Gasteiger partial charge in [-0.25, -0.2) is 0 Å². The summed E-state index contributed by atoms with van der Waals surface area (Å²) < 4.78 is 5.66. The molecule has 17 heavy (non-hydrogen) atoms. The fraction of sp³-hybridized carbons (Fsp3) is 0.143. The van der Waals surface area contributed by atoms with E-state index in [2.05, 4.69) is 0 Å². The van der Waals surface area contributed by atoms with E-state index in [-0.39, 0.29) is 0 Å². The van der Waals surface area contributed by atoms with Gasteiger partial charge in [-0.05, 0) is 36.8 Å². The second-order valence-electron chi connectivity index (χ2n) is 3.78. The monoisotopic (exact) mass is 248 g/mol. The normalized spacial score (nSPS) is 12.2. The summed E-state index contributed by atoms with van der Waals surface area (Å²) in [5.41, 5.74) is 0.814. The van der Waals surface area contributed by atoms with Gasteiger partial charge in [-0.3, -0.25) is 0 Å². The molecule has 0 bridgehead atoms. The molecular weight excluding hydrogens is 236 g/mol. The number of ether oxygens (including phenoxy) is 1. The quantitative estimate of drug-likeness (QED) is 0.883. The van der Waals surface area contributed by atoms with Gasteiger partial charge in [0.25, 0.3) is 0 Å². The molecule has 2 nitrogen and oxygen atoms in total. The third-order valence-corrected chi connectivity index (χ3v) is 2.72. The maximum absolute atomic E-state index is 9.49.